The predicted molar refractivity (Wildman–Crippen MR) is 109 cm³/mol. The van der Waals surface area contributed by atoms with Gasteiger partial charge in [-0.2, -0.15) is 4.98 Å². The van der Waals surface area contributed by atoms with Crippen molar-refractivity contribution in [3.8, 4) is 11.3 Å². The van der Waals surface area contributed by atoms with Gasteiger partial charge in [0.1, 0.15) is 11.6 Å². The van der Waals surface area contributed by atoms with Crippen molar-refractivity contribution in [1.82, 2.24) is 15.0 Å². The van der Waals surface area contributed by atoms with E-state index in [4.69, 9.17) is 0 Å². The molecule has 138 valence electrons. The van der Waals surface area contributed by atoms with Crippen LogP contribution in [0.1, 0.15) is 5.56 Å². The number of benzene rings is 2. The van der Waals surface area contributed by atoms with Gasteiger partial charge in [0.25, 0.3) is 0 Å². The molecule has 0 bridgehead atoms. The van der Waals surface area contributed by atoms with Gasteiger partial charge in [-0.3, -0.25) is 4.98 Å². The Kier molecular flexibility index (Phi) is 5.20. The molecule has 28 heavy (non-hydrogen) atoms. The minimum atomic E-state index is -0.280. The van der Waals surface area contributed by atoms with Crippen LogP contribution in [0.15, 0.2) is 85.2 Å². The van der Waals surface area contributed by atoms with E-state index in [0.717, 1.165) is 22.5 Å². The first-order valence-electron chi connectivity index (χ1n) is 8.86. The second kappa shape index (κ2) is 8.26. The van der Waals surface area contributed by atoms with Crippen LogP contribution < -0.4 is 10.6 Å². The molecule has 0 unspecified atom stereocenters. The normalized spacial score (nSPS) is 10.5. The van der Waals surface area contributed by atoms with E-state index >= 15 is 0 Å². The average Bonchev–Trinajstić information content (AvgIpc) is 2.75. The fourth-order valence-electron chi connectivity index (χ4n) is 2.71. The highest BCUT2D eigenvalue weighted by atomic mass is 19.1. The zero-order valence-electron chi connectivity index (χ0n) is 15.0. The van der Waals surface area contributed by atoms with Gasteiger partial charge in [0, 0.05) is 36.3 Å². The molecular weight excluding hydrogens is 353 g/mol. The molecule has 0 spiro atoms. The maximum Gasteiger partial charge on any atom is 0.225 e. The number of nitrogens with one attached hydrogen (secondary N) is 2. The van der Waals surface area contributed by atoms with Crippen molar-refractivity contribution in [1.29, 1.82) is 0 Å². The summed E-state index contributed by atoms with van der Waals surface area (Å²) in [6.07, 6.45) is 3.50. The van der Waals surface area contributed by atoms with Gasteiger partial charge in [0.15, 0.2) is 0 Å². The number of pyridine rings is 1. The fourth-order valence-corrected chi connectivity index (χ4v) is 2.71. The summed E-state index contributed by atoms with van der Waals surface area (Å²) in [5.41, 5.74) is 3.60. The summed E-state index contributed by atoms with van der Waals surface area (Å²) in [5, 5.41) is 6.47. The molecule has 2 heterocycles. The summed E-state index contributed by atoms with van der Waals surface area (Å²) < 4.78 is 13.2. The second-order valence-electron chi connectivity index (χ2n) is 6.17. The van der Waals surface area contributed by atoms with Crippen molar-refractivity contribution in [2.75, 3.05) is 10.6 Å². The van der Waals surface area contributed by atoms with E-state index in [-0.39, 0.29) is 5.82 Å². The van der Waals surface area contributed by atoms with Crippen molar-refractivity contribution < 1.29 is 4.39 Å². The zero-order valence-corrected chi connectivity index (χ0v) is 15.0. The fraction of sp³-hybridized carbons (Fsp3) is 0.0455. The number of halogens is 1. The van der Waals surface area contributed by atoms with Gasteiger partial charge in [-0.05, 0) is 42.0 Å². The molecule has 6 heteroatoms. The van der Waals surface area contributed by atoms with E-state index in [1.807, 2.05) is 48.5 Å². The van der Waals surface area contributed by atoms with Crippen LogP contribution in [0.5, 0.6) is 0 Å². The molecule has 0 aliphatic carbocycles. The van der Waals surface area contributed by atoms with Crippen molar-refractivity contribution in [2.45, 2.75) is 6.54 Å². The molecule has 0 aliphatic heterocycles. The summed E-state index contributed by atoms with van der Waals surface area (Å²) in [7, 11) is 0. The molecule has 0 atom stereocenters. The Morgan fingerprint density at radius 3 is 2.32 bits per heavy atom. The van der Waals surface area contributed by atoms with Gasteiger partial charge in [-0.15, -0.1) is 0 Å². The third-order valence-corrected chi connectivity index (χ3v) is 4.11. The topological polar surface area (TPSA) is 62.7 Å². The van der Waals surface area contributed by atoms with Gasteiger partial charge in [-0.1, -0.05) is 30.3 Å². The lowest BCUT2D eigenvalue weighted by atomic mass is 10.1. The minimum Gasteiger partial charge on any atom is -0.350 e. The summed E-state index contributed by atoms with van der Waals surface area (Å²) in [4.78, 5) is 13.2. The summed E-state index contributed by atoms with van der Waals surface area (Å²) in [6.45, 7) is 0.580. The maximum absolute atomic E-state index is 13.2. The van der Waals surface area contributed by atoms with E-state index in [1.54, 1.807) is 24.5 Å². The Morgan fingerprint density at radius 2 is 1.57 bits per heavy atom. The smallest absolute Gasteiger partial charge is 0.225 e. The molecule has 0 amide bonds. The monoisotopic (exact) mass is 371 g/mol. The van der Waals surface area contributed by atoms with Crippen molar-refractivity contribution >= 4 is 17.5 Å². The molecule has 4 aromatic rings. The summed E-state index contributed by atoms with van der Waals surface area (Å²) in [5.74, 6) is 0.846. The molecule has 0 aliphatic rings. The van der Waals surface area contributed by atoms with Crippen molar-refractivity contribution in [3.05, 3.63) is 96.6 Å². The van der Waals surface area contributed by atoms with Crippen LogP contribution in [0.2, 0.25) is 0 Å². The van der Waals surface area contributed by atoms with Gasteiger partial charge >= 0.3 is 0 Å². The SMILES string of the molecule is Fc1ccc(Nc2cc(-c3ccccc3)nc(NCc3ccncc3)n2)cc1. The summed E-state index contributed by atoms with van der Waals surface area (Å²) in [6, 6.07) is 21.8. The molecule has 2 aromatic heterocycles. The third-order valence-electron chi connectivity index (χ3n) is 4.11. The van der Waals surface area contributed by atoms with Crippen molar-refractivity contribution in [2.24, 2.45) is 0 Å². The Balaban J connectivity index is 1.63. The number of nitrogens with zero attached hydrogens (tertiary/aromatic N) is 3. The number of hydrogen-bond acceptors (Lipinski definition) is 5. The lowest BCUT2D eigenvalue weighted by Gasteiger charge is -2.12. The number of hydrogen-bond donors (Lipinski definition) is 2. The third kappa shape index (κ3) is 4.48. The summed E-state index contributed by atoms with van der Waals surface area (Å²) >= 11 is 0. The maximum atomic E-state index is 13.2. The molecule has 0 radical (unpaired) electrons. The molecule has 0 fully saturated rings. The largest absolute Gasteiger partial charge is 0.350 e. The first-order chi connectivity index (χ1) is 13.8. The van der Waals surface area contributed by atoms with Gasteiger partial charge in [0.2, 0.25) is 5.95 Å². The Bertz CT molecular complexity index is 1040. The van der Waals surface area contributed by atoms with Crippen LogP contribution >= 0.6 is 0 Å². The standard InChI is InChI=1S/C22H18FN5/c23-18-6-8-19(9-7-18)26-21-14-20(17-4-2-1-3-5-17)27-22(28-21)25-15-16-10-12-24-13-11-16/h1-14H,15H2,(H2,25,26,27,28). The highest BCUT2D eigenvalue weighted by Crippen LogP contribution is 2.24. The molecule has 0 saturated heterocycles. The van der Waals surface area contributed by atoms with Crippen molar-refractivity contribution in [3.63, 3.8) is 0 Å². The number of anilines is 3. The Hall–Kier alpha value is -3.80. The lowest BCUT2D eigenvalue weighted by molar-refractivity contribution is 0.628. The highest BCUT2D eigenvalue weighted by molar-refractivity contribution is 5.67. The molecule has 4 rings (SSSR count). The highest BCUT2D eigenvalue weighted by Gasteiger charge is 2.08. The quantitative estimate of drug-likeness (QED) is 0.497. The first-order valence-corrected chi connectivity index (χ1v) is 8.86. The molecule has 2 aromatic carbocycles. The van der Waals surface area contributed by atoms with E-state index < -0.39 is 0 Å². The first kappa shape index (κ1) is 17.6. The lowest BCUT2D eigenvalue weighted by Crippen LogP contribution is -2.06. The van der Waals surface area contributed by atoms with E-state index in [1.165, 1.54) is 12.1 Å². The molecule has 5 nitrogen and oxygen atoms in total. The van der Waals surface area contributed by atoms with Gasteiger partial charge < -0.3 is 10.6 Å². The second-order valence-corrected chi connectivity index (χ2v) is 6.17. The zero-order chi connectivity index (χ0) is 19.2. The van der Waals surface area contributed by atoms with Gasteiger partial charge in [0.05, 0.1) is 5.69 Å². The van der Waals surface area contributed by atoms with Crippen LogP contribution in [-0.2, 0) is 6.54 Å². The Morgan fingerprint density at radius 1 is 0.821 bits per heavy atom. The average molecular weight is 371 g/mol. The minimum absolute atomic E-state index is 0.280. The molecule has 2 N–H and O–H groups in total. The van der Waals surface area contributed by atoms with E-state index in [2.05, 4.69) is 25.6 Å². The van der Waals surface area contributed by atoms with E-state index in [0.29, 0.717) is 18.3 Å². The predicted octanol–water partition coefficient (Wildman–Crippen LogP) is 5.03. The van der Waals surface area contributed by atoms with Gasteiger partial charge in [-0.25, -0.2) is 9.37 Å². The molecule has 0 saturated carbocycles. The number of rotatable bonds is 6. The van der Waals surface area contributed by atoms with Crippen LogP contribution in [0, 0.1) is 5.82 Å². The van der Waals surface area contributed by atoms with Crippen LogP contribution in [-0.4, -0.2) is 15.0 Å². The van der Waals surface area contributed by atoms with Crippen LogP contribution in [0.25, 0.3) is 11.3 Å². The van der Waals surface area contributed by atoms with Crippen LogP contribution in [0.3, 0.4) is 0 Å². The number of aromatic nitrogens is 3. The van der Waals surface area contributed by atoms with E-state index in [9.17, 15) is 4.39 Å². The van der Waals surface area contributed by atoms with Crippen LogP contribution in [0.4, 0.5) is 21.8 Å². The Labute approximate surface area is 162 Å². The molecular formula is C22H18FN5.